The summed E-state index contributed by atoms with van der Waals surface area (Å²) in [5, 5.41) is 6.54. The molecule has 2 aromatic heterocycles. The van der Waals surface area contributed by atoms with Gasteiger partial charge in [0.25, 0.3) is 5.56 Å². The zero-order chi connectivity index (χ0) is 18.2. The van der Waals surface area contributed by atoms with E-state index in [2.05, 4.69) is 25.6 Å². The first-order valence-electron chi connectivity index (χ1n) is 8.50. The van der Waals surface area contributed by atoms with E-state index < -0.39 is 0 Å². The van der Waals surface area contributed by atoms with E-state index in [1.165, 1.54) is 0 Å². The topological polar surface area (TPSA) is 62.5 Å². The van der Waals surface area contributed by atoms with Gasteiger partial charge in [-0.3, -0.25) is 9.79 Å². The second-order valence-corrected chi connectivity index (χ2v) is 7.11. The lowest BCUT2D eigenvalue weighted by atomic mass is 10.3. The number of rotatable bonds is 7. The molecule has 0 amide bonds. The molecule has 25 heavy (non-hydrogen) atoms. The quantitative estimate of drug-likeness (QED) is 0.467. The van der Waals surface area contributed by atoms with Crippen LogP contribution < -0.4 is 10.9 Å². The fraction of sp³-hybridized carbons (Fsp3) is 0.500. The van der Waals surface area contributed by atoms with Crippen LogP contribution in [0.3, 0.4) is 0 Å². The summed E-state index contributed by atoms with van der Waals surface area (Å²) in [6, 6.07) is 5.39. The van der Waals surface area contributed by atoms with Crippen LogP contribution in [0.25, 0.3) is 0 Å². The lowest BCUT2D eigenvalue weighted by Crippen LogP contribution is -2.39. The molecule has 0 aromatic carbocycles. The van der Waals surface area contributed by atoms with E-state index in [0.717, 1.165) is 54.8 Å². The number of thiazole rings is 1. The maximum atomic E-state index is 11.8. The molecule has 2 aromatic rings. The van der Waals surface area contributed by atoms with Gasteiger partial charge in [0.1, 0.15) is 0 Å². The Morgan fingerprint density at radius 1 is 1.36 bits per heavy atom. The van der Waals surface area contributed by atoms with Crippen LogP contribution in [0.5, 0.6) is 0 Å². The fourth-order valence-electron chi connectivity index (χ4n) is 2.69. The first kappa shape index (κ1) is 19.2. The van der Waals surface area contributed by atoms with Gasteiger partial charge in [-0.2, -0.15) is 0 Å². The third kappa shape index (κ3) is 5.70. The smallest absolute Gasteiger partial charge is 0.250 e. The van der Waals surface area contributed by atoms with Crippen LogP contribution >= 0.6 is 11.3 Å². The highest BCUT2D eigenvalue weighted by molar-refractivity contribution is 7.09. The predicted molar refractivity (Wildman–Crippen MR) is 104 cm³/mol. The largest absolute Gasteiger partial charge is 0.356 e. The molecule has 0 saturated carbocycles. The maximum absolute atomic E-state index is 11.8. The van der Waals surface area contributed by atoms with Gasteiger partial charge < -0.3 is 14.8 Å². The number of unbranched alkanes of at least 4 members (excludes halogenated alkanes) is 1. The minimum Gasteiger partial charge on any atom is -0.356 e. The van der Waals surface area contributed by atoms with Crippen LogP contribution in [-0.2, 0) is 13.1 Å². The zero-order valence-corrected chi connectivity index (χ0v) is 16.3. The Bertz CT molecular complexity index is 765. The highest BCUT2D eigenvalue weighted by Gasteiger charge is 2.08. The summed E-state index contributed by atoms with van der Waals surface area (Å²) < 4.78 is 1.82. The van der Waals surface area contributed by atoms with Crippen molar-refractivity contribution in [1.82, 2.24) is 19.8 Å². The molecule has 0 atom stereocenters. The van der Waals surface area contributed by atoms with Crippen molar-refractivity contribution in [3.8, 4) is 0 Å². The summed E-state index contributed by atoms with van der Waals surface area (Å²) >= 11 is 1.66. The van der Waals surface area contributed by atoms with Crippen LogP contribution in [0.4, 0.5) is 0 Å². The summed E-state index contributed by atoms with van der Waals surface area (Å²) in [5.41, 5.74) is 2.14. The lowest BCUT2D eigenvalue weighted by molar-refractivity contribution is 0.467. The van der Waals surface area contributed by atoms with Gasteiger partial charge in [0, 0.05) is 44.3 Å². The Kier molecular flexibility index (Phi) is 7.18. The second-order valence-electron chi connectivity index (χ2n) is 6.05. The minimum absolute atomic E-state index is 0.0714. The molecule has 6 nitrogen and oxygen atoms in total. The molecule has 7 heteroatoms. The molecule has 0 fully saturated rings. The molecule has 2 rings (SSSR count). The third-order valence-corrected chi connectivity index (χ3v) is 4.82. The molecule has 0 aliphatic rings. The van der Waals surface area contributed by atoms with Crippen molar-refractivity contribution in [3.05, 3.63) is 50.3 Å². The molecule has 136 valence electrons. The molecular weight excluding hydrogens is 334 g/mol. The van der Waals surface area contributed by atoms with Gasteiger partial charge in [-0.1, -0.05) is 6.07 Å². The van der Waals surface area contributed by atoms with Crippen molar-refractivity contribution in [2.24, 2.45) is 4.99 Å². The number of nitrogens with one attached hydrogen (secondary N) is 1. The first-order chi connectivity index (χ1) is 12.0. The second kappa shape index (κ2) is 9.36. The average Bonchev–Trinajstić information content (AvgIpc) is 2.98. The molecular formula is C18H27N5OS. The fourth-order valence-corrected chi connectivity index (χ4v) is 3.29. The first-order valence-corrected chi connectivity index (χ1v) is 9.38. The van der Waals surface area contributed by atoms with Gasteiger partial charge >= 0.3 is 0 Å². The lowest BCUT2D eigenvalue weighted by Gasteiger charge is -2.21. The van der Waals surface area contributed by atoms with Crippen molar-refractivity contribution in [1.29, 1.82) is 0 Å². The summed E-state index contributed by atoms with van der Waals surface area (Å²) in [5.74, 6) is 0.860. The van der Waals surface area contributed by atoms with E-state index in [1.54, 1.807) is 30.5 Å². The Balaban J connectivity index is 1.75. The monoisotopic (exact) mass is 361 g/mol. The van der Waals surface area contributed by atoms with Crippen LogP contribution in [0.15, 0.2) is 33.4 Å². The van der Waals surface area contributed by atoms with Gasteiger partial charge in [-0.25, -0.2) is 4.98 Å². The molecule has 0 spiro atoms. The number of aromatic nitrogens is 2. The van der Waals surface area contributed by atoms with Gasteiger partial charge in [-0.15, -0.1) is 11.3 Å². The van der Waals surface area contributed by atoms with Crippen molar-refractivity contribution >= 4 is 17.3 Å². The predicted octanol–water partition coefficient (Wildman–Crippen LogP) is 2.41. The van der Waals surface area contributed by atoms with Crippen molar-refractivity contribution < 1.29 is 0 Å². The van der Waals surface area contributed by atoms with Crippen LogP contribution in [-0.4, -0.2) is 41.1 Å². The van der Waals surface area contributed by atoms with Crippen molar-refractivity contribution in [3.63, 3.8) is 0 Å². The molecule has 0 radical (unpaired) electrons. The number of guanidine groups is 1. The molecule has 0 aliphatic heterocycles. The Labute approximate surface area is 153 Å². The van der Waals surface area contributed by atoms with Gasteiger partial charge in [0.05, 0.1) is 17.2 Å². The van der Waals surface area contributed by atoms with E-state index in [0.29, 0.717) is 0 Å². The summed E-state index contributed by atoms with van der Waals surface area (Å²) in [7, 11) is 3.80. The number of hydrogen-bond donors (Lipinski definition) is 1. The van der Waals surface area contributed by atoms with E-state index in [9.17, 15) is 4.79 Å². The number of aliphatic imine (C=N–C) groups is 1. The molecule has 2 heterocycles. The normalized spacial score (nSPS) is 11.6. The van der Waals surface area contributed by atoms with Crippen LogP contribution in [0.1, 0.15) is 29.2 Å². The average molecular weight is 362 g/mol. The molecule has 0 bridgehead atoms. The highest BCUT2D eigenvalue weighted by atomic mass is 32.1. The highest BCUT2D eigenvalue weighted by Crippen LogP contribution is 2.09. The van der Waals surface area contributed by atoms with Crippen molar-refractivity contribution in [2.45, 2.75) is 39.8 Å². The number of aryl methyl sites for hydroxylation is 2. The summed E-state index contributed by atoms with van der Waals surface area (Å²) in [6.07, 6.45) is 1.92. The molecule has 1 N–H and O–H groups in total. The maximum Gasteiger partial charge on any atom is 0.250 e. The Morgan fingerprint density at radius 2 is 2.16 bits per heavy atom. The number of pyridine rings is 1. The van der Waals surface area contributed by atoms with E-state index >= 15 is 0 Å². The van der Waals surface area contributed by atoms with E-state index in [1.807, 2.05) is 31.5 Å². The van der Waals surface area contributed by atoms with E-state index in [-0.39, 0.29) is 5.56 Å². The van der Waals surface area contributed by atoms with Gasteiger partial charge in [0.15, 0.2) is 5.96 Å². The van der Waals surface area contributed by atoms with Crippen molar-refractivity contribution in [2.75, 3.05) is 20.6 Å². The zero-order valence-electron chi connectivity index (χ0n) is 15.5. The summed E-state index contributed by atoms with van der Waals surface area (Å²) in [6.45, 7) is 6.30. The Morgan fingerprint density at radius 3 is 2.80 bits per heavy atom. The standard InChI is InChI=1S/C18H27N5OS/c1-14-8-7-9-17(24)23(14)11-6-5-10-20-18(19-3)22(4)12-16-13-25-15(2)21-16/h7-9,13H,5-6,10-12H2,1-4H3,(H,19,20). The Hall–Kier alpha value is -2.15. The van der Waals surface area contributed by atoms with Crippen LogP contribution in [0, 0.1) is 13.8 Å². The SMILES string of the molecule is CN=C(NCCCCn1c(C)cccc1=O)N(C)Cc1csc(C)n1. The van der Waals surface area contributed by atoms with E-state index in [4.69, 9.17) is 0 Å². The minimum atomic E-state index is 0.0714. The third-order valence-electron chi connectivity index (χ3n) is 4.00. The molecule has 0 unspecified atom stereocenters. The molecule has 0 aliphatic carbocycles. The van der Waals surface area contributed by atoms with Crippen LogP contribution in [0.2, 0.25) is 0 Å². The summed E-state index contributed by atoms with van der Waals surface area (Å²) in [4.78, 5) is 22.7. The molecule has 0 saturated heterocycles. The number of hydrogen-bond acceptors (Lipinski definition) is 4. The van der Waals surface area contributed by atoms with Gasteiger partial charge in [0.2, 0.25) is 0 Å². The van der Waals surface area contributed by atoms with Gasteiger partial charge in [-0.05, 0) is 32.8 Å². The number of nitrogens with zero attached hydrogens (tertiary/aromatic N) is 4.